The average Bonchev–Trinajstić information content (AvgIpc) is 2.38. The Morgan fingerprint density at radius 1 is 1.45 bits per heavy atom. The van der Waals surface area contributed by atoms with E-state index >= 15 is 0 Å². The van der Waals surface area contributed by atoms with Gasteiger partial charge in [-0.1, -0.05) is 12.8 Å². The fourth-order valence-corrected chi connectivity index (χ4v) is 2.58. The molecule has 1 saturated carbocycles. The number of nitro groups is 1. The van der Waals surface area contributed by atoms with Gasteiger partial charge in [-0.25, -0.2) is 4.98 Å². The van der Waals surface area contributed by atoms with Gasteiger partial charge in [0.2, 0.25) is 5.82 Å². The van der Waals surface area contributed by atoms with Crippen LogP contribution in [0.25, 0.3) is 0 Å². The molecule has 1 heterocycles. The van der Waals surface area contributed by atoms with Gasteiger partial charge in [-0.2, -0.15) is 0 Å². The summed E-state index contributed by atoms with van der Waals surface area (Å²) in [6.45, 7) is 1.74. The Morgan fingerprint density at radius 2 is 2.15 bits per heavy atom. The maximum Gasteiger partial charge on any atom is 0.311 e. The lowest BCUT2D eigenvalue weighted by Crippen LogP contribution is -2.37. The number of hydrogen-bond acceptors (Lipinski definition) is 5. The first-order valence-electron chi connectivity index (χ1n) is 6.60. The molecule has 0 aromatic carbocycles. The van der Waals surface area contributed by atoms with E-state index in [9.17, 15) is 20.0 Å². The van der Waals surface area contributed by atoms with Crippen LogP contribution >= 0.6 is 0 Å². The van der Waals surface area contributed by atoms with E-state index in [4.69, 9.17) is 0 Å². The van der Waals surface area contributed by atoms with Crippen LogP contribution in [0.1, 0.15) is 31.4 Å². The predicted octanol–water partition coefficient (Wildman–Crippen LogP) is 2.35. The summed E-state index contributed by atoms with van der Waals surface area (Å²) < 4.78 is 0. The van der Waals surface area contributed by atoms with Gasteiger partial charge >= 0.3 is 11.7 Å². The zero-order valence-electron chi connectivity index (χ0n) is 11.2. The van der Waals surface area contributed by atoms with Gasteiger partial charge in [-0.05, 0) is 25.8 Å². The maximum atomic E-state index is 11.2. The Balaban J connectivity index is 2.25. The minimum atomic E-state index is -0.863. The van der Waals surface area contributed by atoms with E-state index in [1.807, 2.05) is 0 Å². The summed E-state index contributed by atoms with van der Waals surface area (Å²) in [6, 6.07) is 2.65. The highest BCUT2D eigenvalue weighted by molar-refractivity contribution is 5.72. The monoisotopic (exact) mass is 279 g/mol. The van der Waals surface area contributed by atoms with E-state index < -0.39 is 16.8 Å². The highest BCUT2D eigenvalue weighted by atomic mass is 16.6. The fraction of sp³-hybridized carbons (Fsp3) is 0.538. The Hall–Kier alpha value is -2.18. The van der Waals surface area contributed by atoms with Gasteiger partial charge in [-0.3, -0.25) is 14.9 Å². The molecule has 20 heavy (non-hydrogen) atoms. The molecular weight excluding hydrogens is 262 g/mol. The minimum Gasteiger partial charge on any atom is -0.481 e. The van der Waals surface area contributed by atoms with Crippen molar-refractivity contribution in [3.05, 3.63) is 27.9 Å². The molecule has 2 atom stereocenters. The summed E-state index contributed by atoms with van der Waals surface area (Å²) in [5.41, 5.74) is 0.533. The maximum absolute atomic E-state index is 11.2. The van der Waals surface area contributed by atoms with E-state index in [-0.39, 0.29) is 17.5 Å². The Kier molecular flexibility index (Phi) is 4.16. The molecule has 1 aliphatic carbocycles. The topological polar surface area (TPSA) is 105 Å². The molecule has 2 N–H and O–H groups in total. The number of aryl methyl sites for hydroxylation is 1. The quantitative estimate of drug-likeness (QED) is 0.647. The van der Waals surface area contributed by atoms with E-state index in [0.29, 0.717) is 18.5 Å². The number of pyridine rings is 1. The van der Waals surface area contributed by atoms with Crippen molar-refractivity contribution in [3.8, 4) is 0 Å². The summed E-state index contributed by atoms with van der Waals surface area (Å²) in [5.74, 6) is -1.23. The van der Waals surface area contributed by atoms with Crippen LogP contribution in [0, 0.1) is 23.0 Å². The molecule has 0 saturated heterocycles. The molecule has 2 rings (SSSR count). The number of nitrogens with zero attached hydrogens (tertiary/aromatic N) is 2. The number of anilines is 1. The molecule has 0 aliphatic heterocycles. The minimum absolute atomic E-state index is 0.120. The number of aromatic nitrogens is 1. The third kappa shape index (κ3) is 3.04. The molecule has 108 valence electrons. The number of carboxylic acid groups (broad SMARTS) is 1. The van der Waals surface area contributed by atoms with Crippen molar-refractivity contribution in [2.45, 2.75) is 38.6 Å². The highest BCUT2D eigenvalue weighted by Gasteiger charge is 2.32. The number of hydrogen-bond donors (Lipinski definition) is 2. The zero-order chi connectivity index (χ0) is 14.7. The summed E-state index contributed by atoms with van der Waals surface area (Å²) in [4.78, 5) is 25.9. The van der Waals surface area contributed by atoms with Crippen molar-refractivity contribution in [2.75, 3.05) is 5.32 Å². The molecule has 0 amide bonds. The van der Waals surface area contributed by atoms with Crippen molar-refractivity contribution in [2.24, 2.45) is 5.92 Å². The number of carboxylic acids is 1. The zero-order valence-corrected chi connectivity index (χ0v) is 11.2. The number of nitrogens with one attached hydrogen (secondary N) is 1. The van der Waals surface area contributed by atoms with Crippen molar-refractivity contribution in [1.82, 2.24) is 4.98 Å². The molecule has 0 spiro atoms. The SMILES string of the molecule is Cc1ccc([N+](=O)[O-])c(NC2CCCCC2C(=O)O)n1. The van der Waals surface area contributed by atoms with E-state index in [1.165, 1.54) is 6.07 Å². The van der Waals surface area contributed by atoms with Crippen LogP contribution in [0.5, 0.6) is 0 Å². The van der Waals surface area contributed by atoms with Crippen LogP contribution in [0.3, 0.4) is 0 Å². The van der Waals surface area contributed by atoms with E-state index in [0.717, 1.165) is 12.8 Å². The molecule has 0 bridgehead atoms. The Labute approximate surface area is 116 Å². The van der Waals surface area contributed by atoms with Crippen LogP contribution in [-0.2, 0) is 4.79 Å². The van der Waals surface area contributed by atoms with Gasteiger partial charge in [0.1, 0.15) is 0 Å². The van der Waals surface area contributed by atoms with Gasteiger partial charge in [0.15, 0.2) is 0 Å². The summed E-state index contributed by atoms with van der Waals surface area (Å²) in [7, 11) is 0. The van der Waals surface area contributed by atoms with Gasteiger partial charge in [0, 0.05) is 17.8 Å². The van der Waals surface area contributed by atoms with Gasteiger partial charge < -0.3 is 10.4 Å². The highest BCUT2D eigenvalue weighted by Crippen LogP contribution is 2.30. The Morgan fingerprint density at radius 3 is 2.80 bits per heavy atom. The number of carbonyl (C=O) groups is 1. The second-order valence-electron chi connectivity index (χ2n) is 5.06. The lowest BCUT2D eigenvalue weighted by atomic mass is 9.84. The first-order chi connectivity index (χ1) is 9.49. The lowest BCUT2D eigenvalue weighted by molar-refractivity contribution is -0.384. The van der Waals surface area contributed by atoms with Crippen LogP contribution in [0.2, 0.25) is 0 Å². The molecular formula is C13H17N3O4. The van der Waals surface area contributed by atoms with Crippen molar-refractivity contribution in [3.63, 3.8) is 0 Å². The third-order valence-electron chi connectivity index (χ3n) is 3.62. The lowest BCUT2D eigenvalue weighted by Gasteiger charge is -2.29. The number of rotatable bonds is 4. The van der Waals surface area contributed by atoms with Crippen molar-refractivity contribution < 1.29 is 14.8 Å². The van der Waals surface area contributed by atoms with E-state index in [1.54, 1.807) is 13.0 Å². The molecule has 1 aliphatic rings. The van der Waals surface area contributed by atoms with Crippen molar-refractivity contribution in [1.29, 1.82) is 0 Å². The van der Waals surface area contributed by atoms with Crippen molar-refractivity contribution >= 4 is 17.5 Å². The van der Waals surface area contributed by atoms with E-state index in [2.05, 4.69) is 10.3 Å². The number of aliphatic carboxylic acids is 1. The Bertz CT molecular complexity index is 532. The molecule has 1 fully saturated rings. The summed E-state index contributed by atoms with van der Waals surface area (Å²) in [6.07, 6.45) is 3.07. The fourth-order valence-electron chi connectivity index (χ4n) is 2.58. The summed E-state index contributed by atoms with van der Waals surface area (Å²) in [5, 5.41) is 23.2. The van der Waals surface area contributed by atoms with Gasteiger partial charge in [0.25, 0.3) is 0 Å². The normalized spacial score (nSPS) is 22.2. The van der Waals surface area contributed by atoms with Crippen LogP contribution in [0.15, 0.2) is 12.1 Å². The van der Waals surface area contributed by atoms with Crippen LogP contribution in [0.4, 0.5) is 11.5 Å². The predicted molar refractivity (Wildman–Crippen MR) is 72.6 cm³/mol. The third-order valence-corrected chi connectivity index (χ3v) is 3.62. The molecule has 7 nitrogen and oxygen atoms in total. The standard InChI is InChI=1S/C13H17N3O4/c1-8-6-7-11(16(19)20)12(14-8)15-10-5-3-2-4-9(10)13(17)18/h6-7,9-10H,2-5H2,1H3,(H,14,15)(H,17,18). The van der Waals surface area contributed by atoms with Gasteiger partial charge in [0.05, 0.1) is 10.8 Å². The molecule has 7 heteroatoms. The first kappa shape index (κ1) is 14.2. The molecule has 0 radical (unpaired) electrons. The largest absolute Gasteiger partial charge is 0.481 e. The van der Waals surface area contributed by atoms with Crippen LogP contribution < -0.4 is 5.32 Å². The summed E-state index contributed by atoms with van der Waals surface area (Å²) >= 11 is 0. The molecule has 2 unspecified atom stereocenters. The second kappa shape index (κ2) is 5.85. The smallest absolute Gasteiger partial charge is 0.311 e. The first-order valence-corrected chi connectivity index (χ1v) is 6.60. The van der Waals surface area contributed by atoms with Gasteiger partial charge in [-0.15, -0.1) is 0 Å². The molecule has 1 aromatic heterocycles. The van der Waals surface area contributed by atoms with Crippen LogP contribution in [-0.4, -0.2) is 27.0 Å². The second-order valence-corrected chi connectivity index (χ2v) is 5.06. The molecule has 1 aromatic rings. The average molecular weight is 279 g/mol.